The van der Waals surface area contributed by atoms with Crippen LogP contribution in [0.25, 0.3) is 0 Å². The number of rotatable bonds is 1. The summed E-state index contributed by atoms with van der Waals surface area (Å²) in [5, 5.41) is 10.1. The average molecular weight is 202 g/mol. The van der Waals surface area contributed by atoms with E-state index in [2.05, 4.69) is 0 Å². The maximum atomic E-state index is 10.8. The SMILES string of the molecule is CC(=O)OC1C(C)OC(C)CC1(C)O. The predicted octanol–water partition coefficient (Wildman–Crippen LogP) is 0.866. The Morgan fingerprint density at radius 2 is 2.14 bits per heavy atom. The number of esters is 1. The molecule has 1 rings (SSSR count). The molecular formula is C10H18O4. The highest BCUT2D eigenvalue weighted by Gasteiger charge is 2.44. The highest BCUT2D eigenvalue weighted by molar-refractivity contribution is 5.66. The van der Waals surface area contributed by atoms with Gasteiger partial charge < -0.3 is 14.6 Å². The molecule has 4 atom stereocenters. The number of hydrogen-bond acceptors (Lipinski definition) is 4. The Kier molecular flexibility index (Phi) is 3.17. The van der Waals surface area contributed by atoms with Gasteiger partial charge in [0, 0.05) is 13.3 Å². The molecule has 0 spiro atoms. The molecule has 0 aromatic carbocycles. The first-order valence-corrected chi connectivity index (χ1v) is 4.88. The van der Waals surface area contributed by atoms with Crippen molar-refractivity contribution in [2.24, 2.45) is 0 Å². The first-order chi connectivity index (χ1) is 6.33. The number of carbonyl (C=O) groups is 1. The van der Waals surface area contributed by atoms with Crippen LogP contribution in [0.2, 0.25) is 0 Å². The maximum Gasteiger partial charge on any atom is 0.303 e. The smallest absolute Gasteiger partial charge is 0.303 e. The molecular weight excluding hydrogens is 184 g/mol. The lowest BCUT2D eigenvalue weighted by Gasteiger charge is -2.42. The van der Waals surface area contributed by atoms with Crippen molar-refractivity contribution in [3.05, 3.63) is 0 Å². The summed E-state index contributed by atoms with van der Waals surface area (Å²) in [5.41, 5.74) is -0.997. The van der Waals surface area contributed by atoms with E-state index in [1.807, 2.05) is 6.92 Å². The minimum atomic E-state index is -0.997. The minimum absolute atomic E-state index is 0.00759. The molecule has 1 N–H and O–H groups in total. The summed E-state index contributed by atoms with van der Waals surface area (Å²) in [6.07, 6.45) is -0.365. The van der Waals surface area contributed by atoms with Gasteiger partial charge in [-0.2, -0.15) is 0 Å². The van der Waals surface area contributed by atoms with Crippen LogP contribution in [-0.4, -0.2) is 35.0 Å². The molecule has 1 saturated heterocycles. The summed E-state index contributed by atoms with van der Waals surface area (Å²) in [6, 6.07) is 0. The number of hydrogen-bond donors (Lipinski definition) is 1. The zero-order chi connectivity index (χ0) is 10.9. The quantitative estimate of drug-likeness (QED) is 0.641. The minimum Gasteiger partial charge on any atom is -0.457 e. The fraction of sp³-hybridized carbons (Fsp3) is 0.900. The second-order valence-corrected chi connectivity index (χ2v) is 4.24. The summed E-state index contributed by atoms with van der Waals surface area (Å²) >= 11 is 0. The molecule has 0 aromatic rings. The Morgan fingerprint density at radius 3 is 2.57 bits per heavy atom. The predicted molar refractivity (Wildman–Crippen MR) is 50.8 cm³/mol. The molecule has 1 heterocycles. The number of ether oxygens (including phenoxy) is 2. The first kappa shape index (κ1) is 11.5. The zero-order valence-electron chi connectivity index (χ0n) is 9.11. The summed E-state index contributed by atoms with van der Waals surface area (Å²) in [6.45, 7) is 6.71. The van der Waals surface area contributed by atoms with Gasteiger partial charge in [0.2, 0.25) is 0 Å². The van der Waals surface area contributed by atoms with E-state index in [9.17, 15) is 9.90 Å². The third-order valence-corrected chi connectivity index (χ3v) is 2.48. The van der Waals surface area contributed by atoms with Crippen molar-refractivity contribution in [2.45, 2.75) is 58.0 Å². The molecule has 1 aliphatic rings. The molecule has 82 valence electrons. The van der Waals surface area contributed by atoms with Crippen LogP contribution in [0.4, 0.5) is 0 Å². The van der Waals surface area contributed by atoms with Crippen molar-refractivity contribution in [1.82, 2.24) is 0 Å². The number of aliphatic hydroxyl groups is 1. The lowest BCUT2D eigenvalue weighted by atomic mass is 9.86. The van der Waals surface area contributed by atoms with Gasteiger partial charge in [0.25, 0.3) is 0 Å². The Hall–Kier alpha value is -0.610. The Bertz CT molecular complexity index is 224. The second-order valence-electron chi connectivity index (χ2n) is 4.24. The van der Waals surface area contributed by atoms with Crippen LogP contribution in [0, 0.1) is 0 Å². The van der Waals surface area contributed by atoms with Crippen LogP contribution in [0.3, 0.4) is 0 Å². The molecule has 4 heteroatoms. The molecule has 0 saturated carbocycles. The molecule has 0 radical (unpaired) electrons. The van der Waals surface area contributed by atoms with Gasteiger partial charge in [-0.3, -0.25) is 4.79 Å². The van der Waals surface area contributed by atoms with Gasteiger partial charge >= 0.3 is 5.97 Å². The standard InChI is InChI=1S/C10H18O4/c1-6-5-10(4,12)9(7(2)13-6)14-8(3)11/h6-7,9,12H,5H2,1-4H3. The van der Waals surface area contributed by atoms with Crippen LogP contribution >= 0.6 is 0 Å². The van der Waals surface area contributed by atoms with Crippen LogP contribution in [0.1, 0.15) is 34.1 Å². The van der Waals surface area contributed by atoms with Crippen molar-refractivity contribution in [3.8, 4) is 0 Å². The van der Waals surface area contributed by atoms with E-state index in [0.29, 0.717) is 6.42 Å². The second kappa shape index (κ2) is 3.87. The lowest BCUT2D eigenvalue weighted by Crippen LogP contribution is -2.55. The van der Waals surface area contributed by atoms with Gasteiger partial charge in [-0.25, -0.2) is 0 Å². The largest absolute Gasteiger partial charge is 0.457 e. The molecule has 1 fully saturated rings. The van der Waals surface area contributed by atoms with Gasteiger partial charge in [0.15, 0.2) is 6.10 Å². The maximum absolute atomic E-state index is 10.8. The Morgan fingerprint density at radius 1 is 1.57 bits per heavy atom. The summed E-state index contributed by atoms with van der Waals surface area (Å²) in [4.78, 5) is 10.8. The van der Waals surface area contributed by atoms with Crippen LogP contribution in [0.15, 0.2) is 0 Å². The van der Waals surface area contributed by atoms with E-state index in [-0.39, 0.29) is 18.2 Å². The molecule has 14 heavy (non-hydrogen) atoms. The molecule has 4 unspecified atom stereocenters. The normalized spacial score (nSPS) is 43.4. The van der Waals surface area contributed by atoms with Crippen LogP contribution < -0.4 is 0 Å². The van der Waals surface area contributed by atoms with E-state index in [4.69, 9.17) is 9.47 Å². The highest BCUT2D eigenvalue weighted by Crippen LogP contribution is 2.30. The fourth-order valence-corrected chi connectivity index (χ4v) is 2.09. The van der Waals surface area contributed by atoms with Crippen molar-refractivity contribution in [3.63, 3.8) is 0 Å². The molecule has 0 aromatic heterocycles. The zero-order valence-corrected chi connectivity index (χ0v) is 9.11. The summed E-state index contributed by atoms with van der Waals surface area (Å²) in [7, 11) is 0. The molecule has 1 aliphatic heterocycles. The summed E-state index contributed by atoms with van der Waals surface area (Å²) in [5.74, 6) is -0.389. The van der Waals surface area contributed by atoms with E-state index in [1.54, 1.807) is 13.8 Å². The number of carbonyl (C=O) groups excluding carboxylic acids is 1. The van der Waals surface area contributed by atoms with Gasteiger partial charge in [0.1, 0.15) is 5.60 Å². The fourth-order valence-electron chi connectivity index (χ4n) is 2.09. The summed E-state index contributed by atoms with van der Waals surface area (Å²) < 4.78 is 10.6. The van der Waals surface area contributed by atoms with Gasteiger partial charge in [-0.15, -0.1) is 0 Å². The Labute approximate surface area is 84.2 Å². The highest BCUT2D eigenvalue weighted by atomic mass is 16.6. The lowest BCUT2D eigenvalue weighted by molar-refractivity contribution is -0.217. The van der Waals surface area contributed by atoms with Crippen LogP contribution in [-0.2, 0) is 14.3 Å². The third-order valence-electron chi connectivity index (χ3n) is 2.48. The van der Waals surface area contributed by atoms with E-state index in [1.165, 1.54) is 6.92 Å². The third kappa shape index (κ3) is 2.45. The van der Waals surface area contributed by atoms with Gasteiger partial charge in [-0.1, -0.05) is 0 Å². The van der Waals surface area contributed by atoms with Gasteiger partial charge in [-0.05, 0) is 20.8 Å². The van der Waals surface area contributed by atoms with Crippen molar-refractivity contribution in [1.29, 1.82) is 0 Å². The van der Waals surface area contributed by atoms with Crippen molar-refractivity contribution >= 4 is 5.97 Å². The Balaban J connectivity index is 2.74. The van der Waals surface area contributed by atoms with Crippen molar-refractivity contribution < 1.29 is 19.4 Å². The molecule has 0 amide bonds. The molecule has 0 bridgehead atoms. The molecule has 0 aliphatic carbocycles. The first-order valence-electron chi connectivity index (χ1n) is 4.88. The van der Waals surface area contributed by atoms with Crippen LogP contribution in [0.5, 0.6) is 0 Å². The van der Waals surface area contributed by atoms with Gasteiger partial charge in [0.05, 0.1) is 12.2 Å². The average Bonchev–Trinajstić information content (AvgIpc) is 1.95. The molecule has 4 nitrogen and oxygen atoms in total. The topological polar surface area (TPSA) is 55.8 Å². The van der Waals surface area contributed by atoms with Crippen molar-refractivity contribution in [2.75, 3.05) is 0 Å². The van der Waals surface area contributed by atoms with E-state index < -0.39 is 11.7 Å². The van der Waals surface area contributed by atoms with E-state index >= 15 is 0 Å². The van der Waals surface area contributed by atoms with E-state index in [0.717, 1.165) is 0 Å². The monoisotopic (exact) mass is 202 g/mol.